The van der Waals surface area contributed by atoms with Crippen molar-refractivity contribution in [2.24, 2.45) is 0 Å². The van der Waals surface area contributed by atoms with Crippen LogP contribution in [-0.4, -0.2) is 19.3 Å². The fraction of sp³-hybridized carbons (Fsp3) is 0.200. The molecule has 0 aromatic heterocycles. The third kappa shape index (κ3) is 4.34. The average Bonchev–Trinajstić information content (AvgIpc) is 2.39. The van der Waals surface area contributed by atoms with E-state index < -0.39 is 15.9 Å². The van der Waals surface area contributed by atoms with Crippen molar-refractivity contribution in [1.82, 2.24) is 0 Å². The Morgan fingerprint density at radius 3 is 2.20 bits per heavy atom. The SMILES string of the molecule is O=S(=O)(Cc1ccccc1)CC(O)c1ccc(Cl)cc1. The summed E-state index contributed by atoms with van der Waals surface area (Å²) in [5.41, 5.74) is 1.27. The summed E-state index contributed by atoms with van der Waals surface area (Å²) in [5.74, 6) is -0.373. The Labute approximate surface area is 123 Å². The maximum atomic E-state index is 12.1. The topological polar surface area (TPSA) is 54.4 Å². The Balaban J connectivity index is 2.06. The van der Waals surface area contributed by atoms with Gasteiger partial charge in [0.2, 0.25) is 0 Å². The zero-order chi connectivity index (χ0) is 14.6. The summed E-state index contributed by atoms with van der Waals surface area (Å²) >= 11 is 5.76. The van der Waals surface area contributed by atoms with E-state index in [2.05, 4.69) is 0 Å². The summed E-state index contributed by atoms with van der Waals surface area (Å²) in [6.07, 6.45) is -1.04. The molecule has 1 atom stereocenters. The van der Waals surface area contributed by atoms with Gasteiger partial charge in [-0.05, 0) is 23.3 Å². The molecule has 0 aliphatic carbocycles. The van der Waals surface area contributed by atoms with E-state index in [1.54, 1.807) is 48.5 Å². The Hall–Kier alpha value is -1.36. The van der Waals surface area contributed by atoms with Crippen LogP contribution in [0.25, 0.3) is 0 Å². The number of hydrogen-bond acceptors (Lipinski definition) is 3. The van der Waals surface area contributed by atoms with Gasteiger partial charge in [0.05, 0.1) is 17.6 Å². The highest BCUT2D eigenvalue weighted by Gasteiger charge is 2.19. The Morgan fingerprint density at radius 2 is 1.60 bits per heavy atom. The molecule has 0 radical (unpaired) electrons. The van der Waals surface area contributed by atoms with E-state index in [1.807, 2.05) is 6.07 Å². The maximum absolute atomic E-state index is 12.1. The van der Waals surface area contributed by atoms with Gasteiger partial charge in [-0.1, -0.05) is 54.1 Å². The number of aliphatic hydroxyl groups is 1. The molecular formula is C15H15ClO3S. The summed E-state index contributed by atoms with van der Waals surface area (Å²) < 4.78 is 24.1. The van der Waals surface area contributed by atoms with Crippen LogP contribution in [-0.2, 0) is 15.6 Å². The molecule has 2 aromatic carbocycles. The fourth-order valence-corrected chi connectivity index (χ4v) is 3.53. The minimum absolute atomic E-state index is 0.0709. The average molecular weight is 311 g/mol. The van der Waals surface area contributed by atoms with E-state index in [0.717, 1.165) is 5.56 Å². The summed E-state index contributed by atoms with van der Waals surface area (Å²) in [7, 11) is -3.38. The van der Waals surface area contributed by atoms with E-state index in [0.29, 0.717) is 10.6 Å². The van der Waals surface area contributed by atoms with Crippen LogP contribution < -0.4 is 0 Å². The second-order valence-corrected chi connectivity index (χ2v) is 7.15. The molecule has 1 N–H and O–H groups in total. The van der Waals surface area contributed by atoms with Gasteiger partial charge >= 0.3 is 0 Å². The molecule has 0 fully saturated rings. The first-order chi connectivity index (χ1) is 9.46. The van der Waals surface area contributed by atoms with E-state index in [1.165, 1.54) is 0 Å². The van der Waals surface area contributed by atoms with E-state index >= 15 is 0 Å². The van der Waals surface area contributed by atoms with Crippen LogP contribution in [0.3, 0.4) is 0 Å². The third-order valence-corrected chi connectivity index (χ3v) is 4.74. The molecule has 2 rings (SSSR count). The second kappa shape index (κ2) is 6.39. The number of benzene rings is 2. The van der Waals surface area contributed by atoms with Crippen molar-refractivity contribution in [1.29, 1.82) is 0 Å². The van der Waals surface area contributed by atoms with Crippen LogP contribution in [0.4, 0.5) is 0 Å². The minimum atomic E-state index is -3.38. The van der Waals surface area contributed by atoms with Crippen molar-refractivity contribution < 1.29 is 13.5 Å². The van der Waals surface area contributed by atoms with Crippen molar-refractivity contribution in [3.63, 3.8) is 0 Å². The Bertz CT molecular complexity index is 651. The van der Waals surface area contributed by atoms with Crippen LogP contribution >= 0.6 is 11.6 Å². The summed E-state index contributed by atoms with van der Waals surface area (Å²) in [4.78, 5) is 0. The molecule has 20 heavy (non-hydrogen) atoms. The van der Waals surface area contributed by atoms with Gasteiger partial charge in [-0.3, -0.25) is 0 Å². The van der Waals surface area contributed by atoms with Crippen LogP contribution in [0.5, 0.6) is 0 Å². The second-order valence-electron chi connectivity index (χ2n) is 4.61. The first-order valence-electron chi connectivity index (χ1n) is 6.14. The highest BCUT2D eigenvalue weighted by molar-refractivity contribution is 7.90. The van der Waals surface area contributed by atoms with Gasteiger partial charge in [-0.15, -0.1) is 0 Å². The number of sulfone groups is 1. The van der Waals surface area contributed by atoms with Crippen molar-refractivity contribution in [2.45, 2.75) is 11.9 Å². The lowest BCUT2D eigenvalue weighted by Crippen LogP contribution is -2.16. The normalized spacial score (nSPS) is 13.1. The predicted octanol–water partition coefficient (Wildman–Crippen LogP) is 2.99. The molecule has 2 aromatic rings. The van der Waals surface area contributed by atoms with Gasteiger partial charge in [-0.2, -0.15) is 0 Å². The molecule has 106 valence electrons. The first kappa shape index (κ1) is 15.0. The molecule has 0 aliphatic heterocycles. The van der Waals surface area contributed by atoms with Gasteiger partial charge in [0.25, 0.3) is 0 Å². The largest absolute Gasteiger partial charge is 0.387 e. The number of aliphatic hydroxyl groups excluding tert-OH is 1. The molecule has 5 heteroatoms. The molecule has 0 saturated carbocycles. The van der Waals surface area contributed by atoms with Crippen molar-refractivity contribution in [2.75, 3.05) is 5.75 Å². The minimum Gasteiger partial charge on any atom is -0.387 e. The lowest BCUT2D eigenvalue weighted by atomic mass is 10.1. The molecule has 0 amide bonds. The molecule has 0 saturated heterocycles. The lowest BCUT2D eigenvalue weighted by molar-refractivity contribution is 0.201. The molecule has 3 nitrogen and oxygen atoms in total. The smallest absolute Gasteiger partial charge is 0.157 e. The summed E-state index contributed by atoms with van der Waals surface area (Å²) in [6.45, 7) is 0. The van der Waals surface area contributed by atoms with E-state index in [9.17, 15) is 13.5 Å². The number of rotatable bonds is 5. The molecule has 0 aliphatic rings. The highest BCUT2D eigenvalue weighted by Crippen LogP contribution is 2.19. The summed E-state index contributed by atoms with van der Waals surface area (Å²) in [5, 5.41) is 10.6. The van der Waals surface area contributed by atoms with E-state index in [-0.39, 0.29) is 11.5 Å². The van der Waals surface area contributed by atoms with Crippen LogP contribution in [0.15, 0.2) is 54.6 Å². The Kier molecular flexibility index (Phi) is 4.81. The van der Waals surface area contributed by atoms with Crippen LogP contribution in [0.1, 0.15) is 17.2 Å². The first-order valence-corrected chi connectivity index (χ1v) is 8.34. The standard InChI is InChI=1S/C15H15ClO3S/c16-14-8-6-13(7-9-14)15(17)11-20(18,19)10-12-4-2-1-3-5-12/h1-9,15,17H,10-11H2. The predicted molar refractivity (Wildman–Crippen MR) is 80.3 cm³/mol. The highest BCUT2D eigenvalue weighted by atomic mass is 35.5. The van der Waals surface area contributed by atoms with Gasteiger partial charge in [0.1, 0.15) is 0 Å². The van der Waals surface area contributed by atoms with E-state index in [4.69, 9.17) is 11.6 Å². The van der Waals surface area contributed by atoms with Crippen molar-refractivity contribution in [3.05, 3.63) is 70.7 Å². The van der Waals surface area contributed by atoms with Gasteiger partial charge < -0.3 is 5.11 Å². The van der Waals surface area contributed by atoms with Gasteiger partial charge in [0.15, 0.2) is 9.84 Å². The lowest BCUT2D eigenvalue weighted by Gasteiger charge is -2.12. The zero-order valence-electron chi connectivity index (χ0n) is 10.7. The molecular weight excluding hydrogens is 296 g/mol. The zero-order valence-corrected chi connectivity index (χ0v) is 12.3. The number of halogens is 1. The van der Waals surface area contributed by atoms with Crippen LogP contribution in [0, 0.1) is 0 Å². The number of hydrogen-bond donors (Lipinski definition) is 1. The molecule has 0 heterocycles. The van der Waals surface area contributed by atoms with Gasteiger partial charge in [0, 0.05) is 5.02 Å². The quantitative estimate of drug-likeness (QED) is 0.923. The molecule has 1 unspecified atom stereocenters. The van der Waals surface area contributed by atoms with Crippen molar-refractivity contribution in [3.8, 4) is 0 Å². The maximum Gasteiger partial charge on any atom is 0.157 e. The monoisotopic (exact) mass is 310 g/mol. The van der Waals surface area contributed by atoms with Gasteiger partial charge in [-0.25, -0.2) is 8.42 Å². The molecule has 0 spiro atoms. The van der Waals surface area contributed by atoms with Crippen LogP contribution in [0.2, 0.25) is 5.02 Å². The fourth-order valence-electron chi connectivity index (χ4n) is 1.91. The molecule has 0 bridgehead atoms. The van der Waals surface area contributed by atoms with Crippen molar-refractivity contribution >= 4 is 21.4 Å². The Morgan fingerprint density at radius 1 is 1.00 bits per heavy atom. The summed E-state index contributed by atoms with van der Waals surface area (Å²) in [6, 6.07) is 15.4. The third-order valence-electron chi connectivity index (χ3n) is 2.90.